The predicted molar refractivity (Wildman–Crippen MR) is 46.5 cm³/mol. The van der Waals surface area contributed by atoms with Gasteiger partial charge in [0.1, 0.15) is 0 Å². The zero-order chi connectivity index (χ0) is 10.1. The van der Waals surface area contributed by atoms with Crippen LogP contribution >= 0.6 is 0 Å². The fraction of sp³-hybridized carbons (Fsp3) is 0.111. The number of carbonyl (C=O) groups excluding carboxylic acids is 1. The van der Waals surface area contributed by atoms with Crippen LogP contribution in [0.4, 0.5) is 4.39 Å². The number of esters is 1. The van der Waals surface area contributed by atoms with Crippen LogP contribution in [0.2, 0.25) is 0 Å². The summed E-state index contributed by atoms with van der Waals surface area (Å²) in [5.74, 6) is -1.34. The number of halogens is 1. The normalized spacial score (nSPS) is 10.4. The number of fused-ring (bicyclic) bond motifs is 1. The van der Waals surface area contributed by atoms with E-state index in [2.05, 4.69) is 9.72 Å². The molecule has 0 aliphatic rings. The summed E-state index contributed by atoms with van der Waals surface area (Å²) in [6, 6.07) is 2.75. The van der Waals surface area contributed by atoms with E-state index >= 15 is 0 Å². The van der Waals surface area contributed by atoms with E-state index in [1.54, 1.807) is 0 Å². The van der Waals surface area contributed by atoms with E-state index in [9.17, 15) is 9.18 Å². The number of hydrogen-bond acceptors (Lipinski definition) is 3. The second kappa shape index (κ2) is 3.10. The number of nitrogens with zero attached hydrogens (tertiary/aromatic N) is 2. The lowest BCUT2D eigenvalue weighted by atomic mass is 10.3. The maximum atomic E-state index is 13.3. The lowest BCUT2D eigenvalue weighted by Crippen LogP contribution is -2.10. The highest BCUT2D eigenvalue weighted by atomic mass is 19.1. The van der Waals surface area contributed by atoms with Crippen molar-refractivity contribution in [2.24, 2.45) is 0 Å². The molecule has 14 heavy (non-hydrogen) atoms. The second-order valence-electron chi connectivity index (χ2n) is 2.71. The highest BCUT2D eigenvalue weighted by Gasteiger charge is 2.15. The molecule has 0 N–H and O–H groups in total. The Bertz CT molecular complexity index is 493. The molecule has 0 saturated carbocycles. The molecule has 0 fully saturated rings. The summed E-state index contributed by atoms with van der Waals surface area (Å²) in [6.45, 7) is 0. The topological polar surface area (TPSA) is 43.6 Å². The fourth-order valence-corrected chi connectivity index (χ4v) is 1.26. The van der Waals surface area contributed by atoms with Crippen molar-refractivity contribution >= 4 is 11.5 Å². The van der Waals surface area contributed by atoms with E-state index in [1.165, 1.54) is 36.2 Å². The third-order valence-electron chi connectivity index (χ3n) is 1.91. The fourth-order valence-electron chi connectivity index (χ4n) is 1.26. The van der Waals surface area contributed by atoms with Crippen LogP contribution in [0.3, 0.4) is 0 Å². The largest absolute Gasteiger partial charge is 0.464 e. The van der Waals surface area contributed by atoms with Crippen molar-refractivity contribution in [3.63, 3.8) is 0 Å². The molecule has 5 heteroatoms. The predicted octanol–water partition coefficient (Wildman–Crippen LogP) is 1.26. The van der Waals surface area contributed by atoms with Gasteiger partial charge in [0.2, 0.25) is 0 Å². The van der Waals surface area contributed by atoms with E-state index in [0.717, 1.165) is 0 Å². The van der Waals surface area contributed by atoms with Crippen LogP contribution < -0.4 is 0 Å². The van der Waals surface area contributed by atoms with Gasteiger partial charge in [-0.25, -0.2) is 14.2 Å². The van der Waals surface area contributed by atoms with Crippen LogP contribution in [0.25, 0.3) is 5.52 Å². The first-order valence-corrected chi connectivity index (χ1v) is 3.93. The summed E-state index contributed by atoms with van der Waals surface area (Å²) in [5, 5.41) is 0. The Balaban J connectivity index is 2.76. The zero-order valence-corrected chi connectivity index (χ0v) is 7.40. The summed E-state index contributed by atoms with van der Waals surface area (Å²) in [7, 11) is 1.21. The minimum atomic E-state index is -0.717. The van der Waals surface area contributed by atoms with Gasteiger partial charge >= 0.3 is 5.97 Å². The van der Waals surface area contributed by atoms with Gasteiger partial charge in [0.15, 0.2) is 11.5 Å². The molecule has 0 amide bonds. The van der Waals surface area contributed by atoms with E-state index in [-0.39, 0.29) is 5.69 Å². The lowest BCUT2D eigenvalue weighted by Gasteiger charge is -2.03. The smallest absolute Gasteiger partial charge is 0.358 e. The number of ether oxygens (including phenoxy) is 1. The number of carbonyl (C=O) groups is 1. The molecule has 0 aliphatic heterocycles. The monoisotopic (exact) mass is 194 g/mol. The van der Waals surface area contributed by atoms with Crippen molar-refractivity contribution in [1.82, 2.24) is 9.38 Å². The number of imidazole rings is 1. The molecule has 0 radical (unpaired) electrons. The van der Waals surface area contributed by atoms with Gasteiger partial charge in [-0.2, -0.15) is 0 Å². The number of methoxy groups -OCH3 is 1. The summed E-state index contributed by atoms with van der Waals surface area (Å²) >= 11 is 0. The standard InChI is InChI=1S/C9H7FN2O2/c1-14-9(13)8-7(10)3-2-6-4-11-5-12(6)8/h2-5H,1H3. The Hall–Kier alpha value is -1.91. The average Bonchev–Trinajstić information content (AvgIpc) is 2.64. The summed E-state index contributed by atoms with van der Waals surface area (Å²) in [5.41, 5.74) is 0.509. The molecule has 0 spiro atoms. The minimum Gasteiger partial charge on any atom is -0.464 e. The van der Waals surface area contributed by atoms with Crippen LogP contribution in [0.5, 0.6) is 0 Å². The number of rotatable bonds is 1. The van der Waals surface area contributed by atoms with Gasteiger partial charge in [0, 0.05) is 0 Å². The number of aromatic nitrogens is 2. The van der Waals surface area contributed by atoms with Crippen LogP contribution in [-0.2, 0) is 4.74 Å². The molecule has 72 valence electrons. The molecule has 2 aromatic heterocycles. The maximum Gasteiger partial charge on any atom is 0.358 e. The number of hydrogen-bond donors (Lipinski definition) is 0. The zero-order valence-electron chi connectivity index (χ0n) is 7.40. The van der Waals surface area contributed by atoms with Gasteiger partial charge in [0.25, 0.3) is 0 Å². The molecule has 0 unspecified atom stereocenters. The molecule has 4 nitrogen and oxygen atoms in total. The van der Waals surface area contributed by atoms with E-state index in [1.807, 2.05) is 0 Å². The molecular weight excluding hydrogens is 187 g/mol. The van der Waals surface area contributed by atoms with Gasteiger partial charge in [-0.3, -0.25) is 4.40 Å². The summed E-state index contributed by atoms with van der Waals surface area (Å²) in [6.07, 6.45) is 2.90. The highest BCUT2D eigenvalue weighted by molar-refractivity contribution is 5.88. The van der Waals surface area contributed by atoms with Crippen LogP contribution in [0.1, 0.15) is 10.5 Å². The quantitative estimate of drug-likeness (QED) is 0.642. The van der Waals surface area contributed by atoms with Gasteiger partial charge in [-0.15, -0.1) is 0 Å². The molecule has 0 aromatic carbocycles. The number of pyridine rings is 1. The maximum absolute atomic E-state index is 13.3. The molecule has 0 bridgehead atoms. The van der Waals surface area contributed by atoms with Gasteiger partial charge in [0.05, 0.1) is 25.2 Å². The Morgan fingerprint density at radius 1 is 1.57 bits per heavy atom. The van der Waals surface area contributed by atoms with Crippen molar-refractivity contribution in [2.45, 2.75) is 0 Å². The van der Waals surface area contributed by atoms with E-state index < -0.39 is 11.8 Å². The van der Waals surface area contributed by atoms with Crippen LogP contribution in [0.15, 0.2) is 24.7 Å². The Morgan fingerprint density at radius 3 is 3.07 bits per heavy atom. The van der Waals surface area contributed by atoms with Crippen LogP contribution in [0, 0.1) is 5.82 Å². The molecule has 0 aliphatic carbocycles. The first-order valence-electron chi connectivity index (χ1n) is 3.93. The summed E-state index contributed by atoms with van der Waals surface area (Å²) in [4.78, 5) is 15.0. The Morgan fingerprint density at radius 2 is 2.36 bits per heavy atom. The molecule has 0 saturated heterocycles. The molecule has 2 heterocycles. The van der Waals surface area contributed by atoms with E-state index in [4.69, 9.17) is 0 Å². The van der Waals surface area contributed by atoms with Gasteiger partial charge < -0.3 is 4.74 Å². The van der Waals surface area contributed by atoms with Crippen molar-refractivity contribution in [1.29, 1.82) is 0 Å². The van der Waals surface area contributed by atoms with Crippen molar-refractivity contribution < 1.29 is 13.9 Å². The average molecular weight is 194 g/mol. The first kappa shape index (κ1) is 8.68. The molecule has 0 atom stereocenters. The van der Waals surface area contributed by atoms with Crippen molar-refractivity contribution in [3.05, 3.63) is 36.2 Å². The molecular formula is C9H7FN2O2. The van der Waals surface area contributed by atoms with Crippen LogP contribution in [-0.4, -0.2) is 22.5 Å². The second-order valence-corrected chi connectivity index (χ2v) is 2.71. The minimum absolute atomic E-state index is 0.137. The Labute approximate surface area is 78.9 Å². The summed E-state index contributed by atoms with van der Waals surface area (Å²) < 4.78 is 19.1. The molecule has 2 rings (SSSR count). The SMILES string of the molecule is COC(=O)c1c(F)ccc2cncn12. The van der Waals surface area contributed by atoms with Gasteiger partial charge in [-0.05, 0) is 12.1 Å². The highest BCUT2D eigenvalue weighted by Crippen LogP contribution is 2.12. The van der Waals surface area contributed by atoms with Crippen molar-refractivity contribution in [3.8, 4) is 0 Å². The van der Waals surface area contributed by atoms with E-state index in [0.29, 0.717) is 5.52 Å². The van der Waals surface area contributed by atoms with Gasteiger partial charge in [-0.1, -0.05) is 0 Å². The first-order chi connectivity index (χ1) is 6.74. The third-order valence-corrected chi connectivity index (χ3v) is 1.91. The lowest BCUT2D eigenvalue weighted by molar-refractivity contribution is 0.0586. The third kappa shape index (κ3) is 1.14. The van der Waals surface area contributed by atoms with Crippen molar-refractivity contribution in [2.75, 3.05) is 7.11 Å². The Kier molecular flexibility index (Phi) is 1.92. The molecule has 2 aromatic rings.